The van der Waals surface area contributed by atoms with Gasteiger partial charge in [-0.3, -0.25) is 5.43 Å². The molecule has 0 aliphatic rings. The summed E-state index contributed by atoms with van der Waals surface area (Å²) in [6.45, 7) is 15.8. The lowest BCUT2D eigenvalue weighted by Crippen LogP contribution is -2.33. The largest absolute Gasteiger partial charge is 0.375 e. The van der Waals surface area contributed by atoms with Gasteiger partial charge in [0.2, 0.25) is 11.5 Å². The van der Waals surface area contributed by atoms with E-state index in [0.717, 1.165) is 5.56 Å². The van der Waals surface area contributed by atoms with E-state index < -0.39 is 6.03 Å². The van der Waals surface area contributed by atoms with Gasteiger partial charge in [-0.15, -0.1) is 0 Å². The normalized spacial score (nSPS) is 9.29. The van der Waals surface area contributed by atoms with Gasteiger partial charge in [0.25, 0.3) is 0 Å². The predicted molar refractivity (Wildman–Crippen MR) is 80.3 cm³/mol. The van der Waals surface area contributed by atoms with Crippen molar-refractivity contribution in [2.24, 2.45) is 0 Å². The first kappa shape index (κ1) is 14.0. The Morgan fingerprint density at radius 1 is 1.19 bits per heavy atom. The molecule has 0 atom stereocenters. The van der Waals surface area contributed by atoms with Gasteiger partial charge in [-0.1, -0.05) is 24.3 Å². The van der Waals surface area contributed by atoms with Gasteiger partial charge in [-0.25, -0.2) is 15.1 Å². The van der Waals surface area contributed by atoms with Crippen molar-refractivity contribution in [1.82, 2.24) is 10.4 Å². The summed E-state index contributed by atoms with van der Waals surface area (Å²) in [7, 11) is 0. The van der Waals surface area contributed by atoms with E-state index in [1.54, 1.807) is 12.1 Å². The number of amides is 2. The predicted octanol–water partition coefficient (Wildman–Crippen LogP) is 3.57. The SMILES string of the molecule is [C-]#[N+]c1cc(NNC(=O)Nc2ccc(C)cc2)[nH]c1[N+]#[C-]. The third kappa shape index (κ3) is 3.52. The molecule has 0 unspecified atom stereocenters. The summed E-state index contributed by atoms with van der Waals surface area (Å²) < 4.78 is 0. The number of hydrazine groups is 1. The number of nitrogens with zero attached hydrogens (tertiary/aromatic N) is 2. The lowest BCUT2D eigenvalue weighted by molar-refractivity contribution is 0.254. The molecule has 2 aromatic rings. The van der Waals surface area contributed by atoms with Crippen LogP contribution in [0.5, 0.6) is 0 Å². The summed E-state index contributed by atoms with van der Waals surface area (Å²) in [4.78, 5) is 20.7. The van der Waals surface area contributed by atoms with Crippen molar-refractivity contribution in [2.75, 3.05) is 10.7 Å². The van der Waals surface area contributed by atoms with Gasteiger partial charge in [-0.2, -0.15) is 0 Å². The number of carbonyl (C=O) groups is 1. The second-order valence-electron chi connectivity index (χ2n) is 4.21. The Balaban J connectivity index is 1.92. The topological polar surface area (TPSA) is 77.7 Å². The third-order valence-corrected chi connectivity index (χ3v) is 2.63. The fourth-order valence-electron chi connectivity index (χ4n) is 1.59. The Labute approximate surface area is 121 Å². The molecule has 7 heteroatoms. The minimum atomic E-state index is -0.456. The number of anilines is 2. The molecule has 7 nitrogen and oxygen atoms in total. The van der Waals surface area contributed by atoms with E-state index in [-0.39, 0.29) is 11.5 Å². The molecule has 21 heavy (non-hydrogen) atoms. The van der Waals surface area contributed by atoms with Crippen LogP contribution in [0.1, 0.15) is 5.56 Å². The van der Waals surface area contributed by atoms with E-state index in [1.807, 2.05) is 19.1 Å². The van der Waals surface area contributed by atoms with Crippen LogP contribution in [-0.4, -0.2) is 11.0 Å². The summed E-state index contributed by atoms with van der Waals surface area (Å²) in [5.74, 6) is 0.499. The first-order valence-electron chi connectivity index (χ1n) is 6.00. The molecule has 2 amide bonds. The first-order valence-corrected chi connectivity index (χ1v) is 6.00. The second kappa shape index (κ2) is 6.13. The molecule has 0 aliphatic carbocycles. The molecule has 1 aromatic carbocycles. The van der Waals surface area contributed by atoms with Crippen LogP contribution in [0.25, 0.3) is 9.69 Å². The zero-order valence-electron chi connectivity index (χ0n) is 11.2. The lowest BCUT2D eigenvalue weighted by atomic mass is 10.2. The monoisotopic (exact) mass is 280 g/mol. The smallest absolute Gasteiger partial charge is 0.337 e. The van der Waals surface area contributed by atoms with E-state index in [4.69, 9.17) is 13.1 Å². The fourth-order valence-corrected chi connectivity index (χ4v) is 1.59. The maximum atomic E-state index is 11.7. The van der Waals surface area contributed by atoms with Crippen molar-refractivity contribution in [1.29, 1.82) is 0 Å². The van der Waals surface area contributed by atoms with Gasteiger partial charge in [0.15, 0.2) is 5.82 Å². The molecule has 0 saturated heterocycles. The lowest BCUT2D eigenvalue weighted by Gasteiger charge is -2.07. The molecule has 4 N–H and O–H groups in total. The standard InChI is InChI=1S/C14H12N6O/c1-9-4-6-10(7-5-9)17-14(21)20-19-12-8-11(15-2)13(16-3)18-12/h4-8,18-19H,1H3,(H2,17,20,21). The van der Waals surface area contributed by atoms with E-state index in [9.17, 15) is 4.79 Å². The van der Waals surface area contributed by atoms with E-state index in [2.05, 4.69) is 30.8 Å². The number of hydrogen-bond donors (Lipinski definition) is 4. The summed E-state index contributed by atoms with van der Waals surface area (Å²) in [5, 5.41) is 2.64. The van der Waals surface area contributed by atoms with Crippen molar-refractivity contribution < 1.29 is 4.79 Å². The maximum Gasteiger partial charge on any atom is 0.337 e. The fraction of sp³-hybridized carbons (Fsp3) is 0.0714. The first-order chi connectivity index (χ1) is 10.1. The average molecular weight is 280 g/mol. The number of aryl methyl sites for hydroxylation is 1. The van der Waals surface area contributed by atoms with Crippen molar-refractivity contribution >= 4 is 29.0 Å². The number of rotatable bonds is 3. The number of nitrogens with one attached hydrogen (secondary N) is 4. The number of benzene rings is 1. The summed E-state index contributed by atoms with van der Waals surface area (Å²) in [5.41, 5.74) is 6.98. The van der Waals surface area contributed by atoms with Crippen molar-refractivity contribution in [2.45, 2.75) is 6.92 Å². The molecule has 104 valence electrons. The third-order valence-electron chi connectivity index (χ3n) is 2.63. The molecule has 1 heterocycles. The number of aromatic nitrogens is 1. The van der Waals surface area contributed by atoms with Gasteiger partial charge in [-0.05, 0) is 25.1 Å². The minimum Gasteiger partial charge on any atom is -0.375 e. The maximum absolute atomic E-state index is 11.7. The Morgan fingerprint density at radius 3 is 2.48 bits per heavy atom. The minimum absolute atomic E-state index is 0.133. The van der Waals surface area contributed by atoms with Crippen molar-refractivity contribution in [3.8, 4) is 0 Å². The van der Waals surface area contributed by atoms with Crippen LogP contribution in [0.15, 0.2) is 30.3 Å². The Hall–Kier alpha value is -3.45. The van der Waals surface area contributed by atoms with Crippen LogP contribution in [0, 0.1) is 20.1 Å². The number of aromatic amines is 1. The molecule has 1 aromatic heterocycles. The zero-order valence-corrected chi connectivity index (χ0v) is 11.2. The van der Waals surface area contributed by atoms with Gasteiger partial charge in [0, 0.05) is 5.69 Å². The zero-order chi connectivity index (χ0) is 15.2. The molecule has 0 fully saturated rings. The number of carbonyl (C=O) groups excluding carboxylic acids is 1. The van der Waals surface area contributed by atoms with Gasteiger partial charge in [0.05, 0.1) is 6.57 Å². The number of H-pyrrole nitrogens is 1. The molecular formula is C14H12N6O. The van der Waals surface area contributed by atoms with Crippen molar-refractivity contribution in [3.63, 3.8) is 0 Å². The van der Waals surface area contributed by atoms with Gasteiger partial charge in [0.1, 0.15) is 0 Å². The van der Waals surface area contributed by atoms with Crippen LogP contribution in [0.2, 0.25) is 0 Å². The van der Waals surface area contributed by atoms with E-state index in [0.29, 0.717) is 11.5 Å². The molecule has 0 spiro atoms. The Kier molecular flexibility index (Phi) is 4.08. The highest BCUT2D eigenvalue weighted by molar-refractivity contribution is 5.90. The second-order valence-corrected chi connectivity index (χ2v) is 4.21. The summed E-state index contributed by atoms with van der Waals surface area (Å²) in [6, 6.07) is 8.35. The summed E-state index contributed by atoms with van der Waals surface area (Å²) >= 11 is 0. The highest BCUT2D eigenvalue weighted by Crippen LogP contribution is 2.30. The van der Waals surface area contributed by atoms with E-state index in [1.165, 1.54) is 6.07 Å². The van der Waals surface area contributed by atoms with Crippen LogP contribution >= 0.6 is 0 Å². The number of urea groups is 1. The molecule has 0 saturated carbocycles. The Bertz CT molecular complexity index is 701. The molecular weight excluding hydrogens is 268 g/mol. The van der Waals surface area contributed by atoms with Gasteiger partial charge >= 0.3 is 6.03 Å². The molecule has 0 bridgehead atoms. The van der Waals surface area contributed by atoms with Crippen LogP contribution in [0.3, 0.4) is 0 Å². The molecule has 0 aliphatic heterocycles. The molecule has 2 rings (SSSR count). The van der Waals surface area contributed by atoms with Crippen LogP contribution in [-0.2, 0) is 0 Å². The van der Waals surface area contributed by atoms with Crippen molar-refractivity contribution in [3.05, 3.63) is 58.7 Å². The Morgan fingerprint density at radius 2 is 1.90 bits per heavy atom. The number of hydrogen-bond acceptors (Lipinski definition) is 2. The van der Waals surface area contributed by atoms with E-state index >= 15 is 0 Å². The average Bonchev–Trinajstić information content (AvgIpc) is 2.90. The summed E-state index contributed by atoms with van der Waals surface area (Å²) in [6.07, 6.45) is 0. The van der Waals surface area contributed by atoms with Crippen LogP contribution in [0.4, 0.5) is 27.8 Å². The quantitative estimate of drug-likeness (QED) is 0.512. The highest BCUT2D eigenvalue weighted by atomic mass is 16.2. The highest BCUT2D eigenvalue weighted by Gasteiger charge is 2.09. The van der Waals surface area contributed by atoms with Gasteiger partial charge < -0.3 is 15.1 Å². The van der Waals surface area contributed by atoms with Crippen LogP contribution < -0.4 is 16.2 Å². The molecule has 0 radical (unpaired) electrons.